The molecule has 20 heavy (non-hydrogen) atoms. The summed E-state index contributed by atoms with van der Waals surface area (Å²) in [5.74, 6) is 0. The van der Waals surface area contributed by atoms with E-state index in [2.05, 4.69) is 36.0 Å². The van der Waals surface area contributed by atoms with Gasteiger partial charge < -0.3 is 14.6 Å². The van der Waals surface area contributed by atoms with E-state index in [1.807, 2.05) is 28.9 Å². The van der Waals surface area contributed by atoms with Crippen molar-refractivity contribution in [1.29, 1.82) is 0 Å². The van der Waals surface area contributed by atoms with Crippen molar-refractivity contribution in [3.05, 3.63) is 35.2 Å². The summed E-state index contributed by atoms with van der Waals surface area (Å²) in [6.07, 6.45) is 3.91. The van der Waals surface area contributed by atoms with Crippen LogP contribution in [0.5, 0.6) is 0 Å². The van der Waals surface area contributed by atoms with Gasteiger partial charge in [-0.1, -0.05) is 25.4 Å². The lowest BCUT2D eigenvalue weighted by Gasteiger charge is -2.23. The Morgan fingerprint density at radius 2 is 2.05 bits per heavy atom. The van der Waals surface area contributed by atoms with Crippen LogP contribution in [0.15, 0.2) is 24.5 Å². The van der Waals surface area contributed by atoms with Gasteiger partial charge >= 0.3 is 0 Å². The standard InChI is InChI=1S/C15H23ClN4/c1-4-19(5-2)9-12(3)17-8-14-11-20-10-13(16)6-7-15(20)18-14/h6-7,10-12,17H,4-5,8-9H2,1-3H3. The Kier molecular flexibility index (Phi) is 5.40. The quantitative estimate of drug-likeness (QED) is 0.852. The van der Waals surface area contributed by atoms with Crippen molar-refractivity contribution in [2.75, 3.05) is 19.6 Å². The molecule has 1 N–H and O–H groups in total. The molecule has 0 aromatic carbocycles. The third kappa shape index (κ3) is 3.95. The lowest BCUT2D eigenvalue weighted by molar-refractivity contribution is 0.270. The molecule has 0 fully saturated rings. The predicted octanol–water partition coefficient (Wildman–Crippen LogP) is 2.81. The van der Waals surface area contributed by atoms with Gasteiger partial charge in [-0.25, -0.2) is 4.98 Å². The molecule has 0 bridgehead atoms. The van der Waals surface area contributed by atoms with Gasteiger partial charge in [-0.3, -0.25) is 0 Å². The van der Waals surface area contributed by atoms with Gasteiger partial charge in [0.05, 0.1) is 10.7 Å². The number of pyridine rings is 1. The van der Waals surface area contributed by atoms with Crippen LogP contribution in [0.3, 0.4) is 0 Å². The lowest BCUT2D eigenvalue weighted by atomic mass is 10.3. The number of aromatic nitrogens is 2. The van der Waals surface area contributed by atoms with Crippen molar-refractivity contribution in [2.45, 2.75) is 33.4 Å². The first kappa shape index (κ1) is 15.3. The maximum atomic E-state index is 5.97. The Bertz CT molecular complexity index is 548. The van der Waals surface area contributed by atoms with Crippen LogP contribution in [0.2, 0.25) is 5.02 Å². The molecule has 2 aromatic heterocycles. The predicted molar refractivity (Wildman–Crippen MR) is 84.3 cm³/mol. The average molecular weight is 295 g/mol. The van der Waals surface area contributed by atoms with Gasteiger partial charge in [0.15, 0.2) is 0 Å². The molecule has 5 heteroatoms. The van der Waals surface area contributed by atoms with E-state index in [1.54, 1.807) is 0 Å². The van der Waals surface area contributed by atoms with Gasteiger partial charge in [-0.15, -0.1) is 0 Å². The summed E-state index contributed by atoms with van der Waals surface area (Å²) in [5.41, 5.74) is 1.97. The third-order valence-corrected chi connectivity index (χ3v) is 3.75. The van der Waals surface area contributed by atoms with Gasteiger partial charge in [0, 0.05) is 31.5 Å². The number of halogens is 1. The van der Waals surface area contributed by atoms with Crippen molar-refractivity contribution in [3.8, 4) is 0 Å². The molecule has 1 unspecified atom stereocenters. The number of nitrogens with zero attached hydrogens (tertiary/aromatic N) is 3. The van der Waals surface area contributed by atoms with Gasteiger partial charge in [-0.05, 0) is 32.1 Å². The number of hydrogen-bond donors (Lipinski definition) is 1. The summed E-state index contributed by atoms with van der Waals surface area (Å²) in [5, 5.41) is 4.25. The van der Waals surface area contributed by atoms with Crippen LogP contribution < -0.4 is 5.32 Å². The van der Waals surface area contributed by atoms with E-state index in [9.17, 15) is 0 Å². The van der Waals surface area contributed by atoms with E-state index in [-0.39, 0.29) is 0 Å². The molecule has 110 valence electrons. The molecule has 2 heterocycles. The molecular weight excluding hydrogens is 272 g/mol. The largest absolute Gasteiger partial charge is 0.307 e. The maximum Gasteiger partial charge on any atom is 0.137 e. The molecule has 0 saturated carbocycles. The SMILES string of the molecule is CCN(CC)CC(C)NCc1cn2cc(Cl)ccc2n1. The Morgan fingerprint density at radius 1 is 1.30 bits per heavy atom. The smallest absolute Gasteiger partial charge is 0.137 e. The van der Waals surface area contributed by atoms with Crippen LogP contribution >= 0.6 is 11.6 Å². The second-order valence-electron chi connectivity index (χ2n) is 5.11. The van der Waals surface area contributed by atoms with Crippen LogP contribution in [0.25, 0.3) is 5.65 Å². The molecule has 2 rings (SSSR count). The Balaban J connectivity index is 1.92. The highest BCUT2D eigenvalue weighted by Gasteiger charge is 2.08. The van der Waals surface area contributed by atoms with Crippen LogP contribution in [0, 0.1) is 0 Å². The first-order chi connectivity index (χ1) is 9.62. The van der Waals surface area contributed by atoms with Crippen molar-refractivity contribution in [1.82, 2.24) is 19.6 Å². The van der Waals surface area contributed by atoms with Crippen molar-refractivity contribution < 1.29 is 0 Å². The van der Waals surface area contributed by atoms with Gasteiger partial charge in [-0.2, -0.15) is 0 Å². The van der Waals surface area contributed by atoms with E-state index in [0.29, 0.717) is 6.04 Å². The number of rotatable bonds is 7. The molecule has 0 aliphatic rings. The lowest BCUT2D eigenvalue weighted by Crippen LogP contribution is -2.38. The van der Waals surface area contributed by atoms with Gasteiger partial charge in [0.2, 0.25) is 0 Å². The molecule has 4 nitrogen and oxygen atoms in total. The van der Waals surface area contributed by atoms with Crippen LogP contribution in [-0.4, -0.2) is 40.0 Å². The molecule has 0 saturated heterocycles. The maximum absolute atomic E-state index is 5.97. The van der Waals surface area contributed by atoms with Crippen molar-refractivity contribution in [3.63, 3.8) is 0 Å². The molecule has 1 atom stereocenters. The Labute approximate surface area is 125 Å². The minimum atomic E-state index is 0.448. The molecular formula is C15H23ClN4. The summed E-state index contributed by atoms with van der Waals surface area (Å²) in [7, 11) is 0. The third-order valence-electron chi connectivity index (χ3n) is 3.52. The number of fused-ring (bicyclic) bond motifs is 1. The first-order valence-electron chi connectivity index (χ1n) is 7.21. The summed E-state index contributed by atoms with van der Waals surface area (Å²) in [6, 6.07) is 4.25. The summed E-state index contributed by atoms with van der Waals surface area (Å²) < 4.78 is 1.97. The molecule has 0 aliphatic carbocycles. The molecule has 0 aliphatic heterocycles. The minimum absolute atomic E-state index is 0.448. The minimum Gasteiger partial charge on any atom is -0.307 e. The number of imidazole rings is 1. The fourth-order valence-corrected chi connectivity index (χ4v) is 2.48. The second-order valence-corrected chi connectivity index (χ2v) is 5.55. The topological polar surface area (TPSA) is 32.6 Å². The molecule has 0 spiro atoms. The van der Waals surface area contributed by atoms with E-state index >= 15 is 0 Å². The molecule has 2 aromatic rings. The van der Waals surface area contributed by atoms with Crippen molar-refractivity contribution in [2.24, 2.45) is 0 Å². The zero-order chi connectivity index (χ0) is 14.5. The summed E-state index contributed by atoms with van der Waals surface area (Å²) >= 11 is 5.97. The highest BCUT2D eigenvalue weighted by Crippen LogP contribution is 2.11. The van der Waals surface area contributed by atoms with E-state index in [1.165, 1.54) is 0 Å². The van der Waals surface area contributed by atoms with Crippen molar-refractivity contribution >= 4 is 17.2 Å². The summed E-state index contributed by atoms with van der Waals surface area (Å²) in [4.78, 5) is 6.99. The molecule has 0 amide bonds. The molecule has 0 radical (unpaired) electrons. The number of nitrogens with one attached hydrogen (secondary N) is 1. The average Bonchev–Trinajstić information content (AvgIpc) is 2.84. The number of likely N-dealkylation sites (N-methyl/N-ethyl adjacent to an activating group) is 1. The van der Waals surface area contributed by atoms with Gasteiger partial charge in [0.1, 0.15) is 5.65 Å². The second kappa shape index (κ2) is 7.07. The fraction of sp³-hybridized carbons (Fsp3) is 0.533. The Hall–Kier alpha value is -1.10. The highest BCUT2D eigenvalue weighted by atomic mass is 35.5. The Morgan fingerprint density at radius 3 is 2.75 bits per heavy atom. The van der Waals surface area contributed by atoms with Gasteiger partial charge in [0.25, 0.3) is 0 Å². The van der Waals surface area contributed by atoms with E-state index in [0.717, 1.165) is 42.5 Å². The van der Waals surface area contributed by atoms with E-state index in [4.69, 9.17) is 11.6 Å². The zero-order valence-corrected chi connectivity index (χ0v) is 13.2. The number of hydrogen-bond acceptors (Lipinski definition) is 3. The van der Waals surface area contributed by atoms with Crippen LogP contribution in [-0.2, 0) is 6.54 Å². The first-order valence-corrected chi connectivity index (χ1v) is 7.59. The summed E-state index contributed by atoms with van der Waals surface area (Å²) in [6.45, 7) is 10.6. The monoisotopic (exact) mass is 294 g/mol. The van der Waals surface area contributed by atoms with E-state index < -0.39 is 0 Å². The zero-order valence-electron chi connectivity index (χ0n) is 12.4. The normalized spacial score (nSPS) is 13.2. The van der Waals surface area contributed by atoms with Crippen LogP contribution in [0.1, 0.15) is 26.5 Å². The fourth-order valence-electron chi connectivity index (χ4n) is 2.31. The highest BCUT2D eigenvalue weighted by molar-refractivity contribution is 6.30. The van der Waals surface area contributed by atoms with Crippen LogP contribution in [0.4, 0.5) is 0 Å².